The van der Waals surface area contributed by atoms with Gasteiger partial charge < -0.3 is 20.5 Å². The van der Waals surface area contributed by atoms with E-state index in [1.165, 1.54) is 5.56 Å². The summed E-state index contributed by atoms with van der Waals surface area (Å²) in [5.41, 5.74) is 2.51. The third kappa shape index (κ3) is 3.65. The lowest BCUT2D eigenvalue weighted by Gasteiger charge is -2.28. The number of guanidine groups is 1. The molecular formula is C22H27N3O2. The maximum atomic E-state index is 11.1. The van der Waals surface area contributed by atoms with E-state index >= 15 is 0 Å². The van der Waals surface area contributed by atoms with E-state index < -0.39 is 5.60 Å². The van der Waals surface area contributed by atoms with Gasteiger partial charge in [0, 0.05) is 18.5 Å². The Morgan fingerprint density at radius 2 is 2.04 bits per heavy atom. The molecule has 0 aromatic heterocycles. The van der Waals surface area contributed by atoms with Crippen molar-refractivity contribution in [2.24, 2.45) is 4.99 Å². The molecule has 142 valence electrons. The van der Waals surface area contributed by atoms with E-state index in [1.54, 1.807) is 0 Å². The zero-order chi connectivity index (χ0) is 18.7. The van der Waals surface area contributed by atoms with Crippen LogP contribution >= 0.6 is 0 Å². The molecule has 2 unspecified atom stereocenters. The summed E-state index contributed by atoms with van der Waals surface area (Å²) in [5, 5.41) is 18.0. The maximum Gasteiger partial charge on any atom is 0.191 e. The van der Waals surface area contributed by atoms with Crippen molar-refractivity contribution < 1.29 is 9.84 Å². The number of aliphatic hydroxyl groups is 1. The molecule has 5 heteroatoms. The number of hydrogen-bond acceptors (Lipinski definition) is 3. The normalized spacial score (nSPS) is 23.9. The fourth-order valence-corrected chi connectivity index (χ4v) is 4.02. The molecule has 0 spiro atoms. The van der Waals surface area contributed by atoms with Crippen LogP contribution in [0.2, 0.25) is 0 Å². The molecule has 0 fully saturated rings. The molecular weight excluding hydrogens is 338 g/mol. The lowest BCUT2D eigenvalue weighted by atomic mass is 9.96. The number of nitrogens with zero attached hydrogens (tertiary/aromatic N) is 1. The number of hydrogen-bond donors (Lipinski definition) is 3. The van der Waals surface area contributed by atoms with Crippen molar-refractivity contribution in [1.29, 1.82) is 0 Å². The number of ether oxygens (including phenoxy) is 1. The Hall–Kier alpha value is -2.53. The highest BCUT2D eigenvalue weighted by molar-refractivity contribution is 5.80. The third-order valence-corrected chi connectivity index (χ3v) is 5.44. The summed E-state index contributed by atoms with van der Waals surface area (Å²) in [5.74, 6) is 1.66. The maximum absolute atomic E-state index is 11.1. The number of nitrogens with one attached hydrogen (secondary N) is 2. The molecule has 0 saturated heterocycles. The van der Waals surface area contributed by atoms with Crippen LogP contribution in [0.25, 0.3) is 0 Å². The Morgan fingerprint density at radius 1 is 1.22 bits per heavy atom. The SMILES string of the molecule is CCNC(=NCC1(O)CCc2ccccc21)NC1CCOc2ccccc21. The van der Waals surface area contributed by atoms with E-state index in [1.807, 2.05) is 36.4 Å². The van der Waals surface area contributed by atoms with Crippen LogP contribution in [0.5, 0.6) is 5.75 Å². The molecule has 2 atom stereocenters. The molecule has 4 rings (SSSR count). The van der Waals surface area contributed by atoms with Crippen LogP contribution in [-0.2, 0) is 12.0 Å². The highest BCUT2D eigenvalue weighted by Gasteiger charge is 2.36. The van der Waals surface area contributed by atoms with Gasteiger partial charge >= 0.3 is 0 Å². The Kier molecular flexibility index (Phi) is 5.03. The number of aliphatic imine (C=N–C) groups is 1. The molecule has 0 saturated carbocycles. The van der Waals surface area contributed by atoms with E-state index in [0.29, 0.717) is 13.2 Å². The van der Waals surface area contributed by atoms with E-state index in [9.17, 15) is 5.11 Å². The van der Waals surface area contributed by atoms with Gasteiger partial charge in [0.25, 0.3) is 0 Å². The summed E-state index contributed by atoms with van der Waals surface area (Å²) >= 11 is 0. The van der Waals surface area contributed by atoms with Crippen molar-refractivity contribution in [1.82, 2.24) is 10.6 Å². The Labute approximate surface area is 160 Å². The Morgan fingerprint density at radius 3 is 2.93 bits per heavy atom. The van der Waals surface area contributed by atoms with Crippen molar-refractivity contribution in [2.75, 3.05) is 19.7 Å². The van der Waals surface area contributed by atoms with Gasteiger partial charge in [-0.05, 0) is 37.0 Å². The van der Waals surface area contributed by atoms with Crippen LogP contribution in [0.3, 0.4) is 0 Å². The summed E-state index contributed by atoms with van der Waals surface area (Å²) in [6.45, 7) is 3.86. The van der Waals surface area contributed by atoms with Crippen LogP contribution in [0.15, 0.2) is 53.5 Å². The summed E-state index contributed by atoms with van der Waals surface area (Å²) in [7, 11) is 0. The van der Waals surface area contributed by atoms with E-state index in [4.69, 9.17) is 9.73 Å². The molecule has 27 heavy (non-hydrogen) atoms. The summed E-state index contributed by atoms with van der Waals surface area (Å²) in [6, 6.07) is 16.4. The monoisotopic (exact) mass is 365 g/mol. The van der Waals surface area contributed by atoms with Gasteiger partial charge in [0.1, 0.15) is 11.4 Å². The van der Waals surface area contributed by atoms with Crippen LogP contribution < -0.4 is 15.4 Å². The zero-order valence-electron chi connectivity index (χ0n) is 15.7. The van der Waals surface area contributed by atoms with Crippen molar-refractivity contribution in [3.63, 3.8) is 0 Å². The average Bonchev–Trinajstić information content (AvgIpc) is 3.04. The van der Waals surface area contributed by atoms with Gasteiger partial charge in [0.2, 0.25) is 0 Å². The summed E-state index contributed by atoms with van der Waals surface area (Å²) in [4.78, 5) is 4.74. The van der Waals surface area contributed by atoms with Gasteiger partial charge in [-0.2, -0.15) is 0 Å². The number of rotatable bonds is 4. The second kappa shape index (κ2) is 7.61. The second-order valence-electron chi connectivity index (χ2n) is 7.26. The van der Waals surface area contributed by atoms with Crippen molar-refractivity contribution >= 4 is 5.96 Å². The lowest BCUT2D eigenvalue weighted by molar-refractivity contribution is 0.0485. The first-order valence-electron chi connectivity index (χ1n) is 9.77. The van der Waals surface area contributed by atoms with Gasteiger partial charge in [-0.1, -0.05) is 42.5 Å². The third-order valence-electron chi connectivity index (χ3n) is 5.44. The Bertz CT molecular complexity index is 836. The molecule has 0 amide bonds. The summed E-state index contributed by atoms with van der Waals surface area (Å²) in [6.07, 6.45) is 2.50. The first-order chi connectivity index (χ1) is 13.2. The topological polar surface area (TPSA) is 65.9 Å². The average molecular weight is 365 g/mol. The molecule has 1 aliphatic carbocycles. The van der Waals surface area contributed by atoms with Crippen LogP contribution in [-0.4, -0.2) is 30.8 Å². The van der Waals surface area contributed by atoms with Gasteiger partial charge in [0.05, 0.1) is 19.2 Å². The molecule has 1 heterocycles. The van der Waals surface area contributed by atoms with Crippen LogP contribution in [0.4, 0.5) is 0 Å². The minimum Gasteiger partial charge on any atom is -0.493 e. The van der Waals surface area contributed by atoms with Crippen molar-refractivity contribution in [3.05, 3.63) is 65.2 Å². The number of aryl methyl sites for hydroxylation is 1. The van der Waals surface area contributed by atoms with Gasteiger partial charge in [-0.25, -0.2) is 4.99 Å². The smallest absolute Gasteiger partial charge is 0.191 e. The number of fused-ring (bicyclic) bond motifs is 2. The van der Waals surface area contributed by atoms with Gasteiger partial charge in [0.15, 0.2) is 5.96 Å². The first kappa shape index (κ1) is 17.9. The van der Waals surface area contributed by atoms with Crippen molar-refractivity contribution in [2.45, 2.75) is 37.8 Å². The molecule has 2 aliphatic rings. The number of para-hydroxylation sites is 1. The predicted octanol–water partition coefficient (Wildman–Crippen LogP) is 2.90. The van der Waals surface area contributed by atoms with Crippen LogP contribution in [0.1, 0.15) is 42.5 Å². The first-order valence-corrected chi connectivity index (χ1v) is 9.77. The second-order valence-corrected chi connectivity index (χ2v) is 7.26. The number of benzene rings is 2. The molecule has 0 radical (unpaired) electrons. The zero-order valence-corrected chi connectivity index (χ0v) is 15.7. The molecule has 5 nitrogen and oxygen atoms in total. The standard InChI is InChI=1S/C22H27N3O2/c1-2-23-21(25-19-12-14-27-20-10-6-4-8-17(19)20)24-15-22(26)13-11-16-7-3-5-9-18(16)22/h3-10,19,26H,2,11-15H2,1H3,(H2,23,24,25). The fourth-order valence-electron chi connectivity index (χ4n) is 4.02. The van der Waals surface area contributed by atoms with Crippen LogP contribution in [0, 0.1) is 0 Å². The molecule has 2 aromatic rings. The van der Waals surface area contributed by atoms with Gasteiger partial charge in [-0.15, -0.1) is 0 Å². The molecule has 0 bridgehead atoms. The van der Waals surface area contributed by atoms with E-state index in [2.05, 4.69) is 29.7 Å². The quantitative estimate of drug-likeness (QED) is 0.576. The minimum atomic E-state index is -0.882. The van der Waals surface area contributed by atoms with Gasteiger partial charge in [-0.3, -0.25) is 0 Å². The lowest BCUT2D eigenvalue weighted by Crippen LogP contribution is -2.42. The minimum absolute atomic E-state index is 0.151. The fraction of sp³-hybridized carbons (Fsp3) is 0.409. The Balaban J connectivity index is 1.52. The van der Waals surface area contributed by atoms with E-state index in [-0.39, 0.29) is 6.04 Å². The molecule has 3 N–H and O–H groups in total. The molecule has 1 aliphatic heterocycles. The highest BCUT2D eigenvalue weighted by Crippen LogP contribution is 2.37. The highest BCUT2D eigenvalue weighted by atomic mass is 16.5. The van der Waals surface area contributed by atoms with Crippen molar-refractivity contribution in [3.8, 4) is 5.75 Å². The van der Waals surface area contributed by atoms with E-state index in [0.717, 1.165) is 48.6 Å². The summed E-state index contributed by atoms with van der Waals surface area (Å²) < 4.78 is 5.75. The largest absolute Gasteiger partial charge is 0.493 e. The predicted molar refractivity (Wildman–Crippen MR) is 107 cm³/mol. The molecule has 2 aromatic carbocycles.